The van der Waals surface area contributed by atoms with Gasteiger partial charge in [-0.25, -0.2) is 0 Å². The van der Waals surface area contributed by atoms with Crippen molar-refractivity contribution in [3.05, 3.63) is 45.7 Å². The minimum atomic E-state index is -0.104. The van der Waals surface area contributed by atoms with E-state index in [1.54, 1.807) is 36.1 Å². The average molecular weight is 270 g/mol. The van der Waals surface area contributed by atoms with Crippen molar-refractivity contribution in [3.63, 3.8) is 0 Å². The van der Waals surface area contributed by atoms with Crippen LogP contribution < -0.4 is 0 Å². The van der Waals surface area contributed by atoms with Gasteiger partial charge >= 0.3 is 0 Å². The maximum atomic E-state index is 12.0. The van der Waals surface area contributed by atoms with Crippen LogP contribution in [0.3, 0.4) is 0 Å². The summed E-state index contributed by atoms with van der Waals surface area (Å²) in [7, 11) is 1.75. The first-order valence-corrected chi connectivity index (χ1v) is 5.65. The maximum Gasteiger partial charge on any atom is 0.170 e. The van der Waals surface area contributed by atoms with Gasteiger partial charge in [-0.1, -0.05) is 28.4 Å². The molecule has 0 unspecified atom stereocenters. The maximum absolute atomic E-state index is 12.0. The lowest BCUT2D eigenvalue weighted by molar-refractivity contribution is 0.0992. The van der Waals surface area contributed by atoms with Crippen molar-refractivity contribution in [2.45, 2.75) is 6.42 Å². The first-order valence-electron chi connectivity index (χ1n) is 4.89. The molecular weight excluding hydrogens is 261 g/mol. The molecule has 0 fully saturated rings. The van der Waals surface area contributed by atoms with Gasteiger partial charge in [-0.3, -0.25) is 9.48 Å². The fourth-order valence-electron chi connectivity index (χ4n) is 1.45. The summed E-state index contributed by atoms with van der Waals surface area (Å²) >= 11 is 11.7. The highest BCUT2D eigenvalue weighted by atomic mass is 35.5. The van der Waals surface area contributed by atoms with Crippen LogP contribution in [0.25, 0.3) is 0 Å². The molecule has 0 bridgehead atoms. The largest absolute Gasteiger partial charge is 0.294 e. The fourth-order valence-corrected chi connectivity index (χ4v) is 1.97. The third-order valence-corrected chi connectivity index (χ3v) is 2.77. The Bertz CT molecular complexity index is 566. The van der Waals surface area contributed by atoms with Crippen molar-refractivity contribution in [1.82, 2.24) is 15.0 Å². The lowest BCUT2D eigenvalue weighted by atomic mass is 10.1. The summed E-state index contributed by atoms with van der Waals surface area (Å²) in [5.74, 6) is -0.104. The Morgan fingerprint density at radius 2 is 2.18 bits per heavy atom. The van der Waals surface area contributed by atoms with Crippen LogP contribution in [0, 0.1) is 0 Å². The van der Waals surface area contributed by atoms with Gasteiger partial charge in [-0.05, 0) is 18.2 Å². The summed E-state index contributed by atoms with van der Waals surface area (Å²) in [4.78, 5) is 12.0. The molecule has 2 rings (SSSR count). The Morgan fingerprint density at radius 1 is 1.41 bits per heavy atom. The average Bonchev–Trinajstić information content (AvgIpc) is 2.63. The van der Waals surface area contributed by atoms with E-state index in [0.29, 0.717) is 21.3 Å². The van der Waals surface area contributed by atoms with Gasteiger partial charge < -0.3 is 0 Å². The number of hydrogen-bond donors (Lipinski definition) is 0. The number of aryl methyl sites for hydroxylation is 1. The normalized spacial score (nSPS) is 10.5. The smallest absolute Gasteiger partial charge is 0.170 e. The number of Topliss-reactive ketones (excluding diaryl/α,β-unsaturated/α-hetero) is 1. The standard InChI is InChI=1S/C11H9Cl2N3O/c1-16-6-8(14-15-16)5-11(17)9-3-2-7(12)4-10(9)13/h2-4,6H,5H2,1H3. The predicted octanol–water partition coefficient (Wildman–Crippen LogP) is 2.55. The fraction of sp³-hybridized carbons (Fsp3) is 0.182. The molecule has 0 aliphatic carbocycles. The molecule has 0 amide bonds. The van der Waals surface area contributed by atoms with Gasteiger partial charge in [0, 0.05) is 23.8 Å². The van der Waals surface area contributed by atoms with E-state index in [4.69, 9.17) is 23.2 Å². The van der Waals surface area contributed by atoms with Gasteiger partial charge in [-0.15, -0.1) is 5.10 Å². The molecule has 1 aromatic carbocycles. The predicted molar refractivity (Wildman–Crippen MR) is 65.5 cm³/mol. The molecule has 17 heavy (non-hydrogen) atoms. The number of carbonyl (C=O) groups is 1. The Labute approximate surface area is 108 Å². The van der Waals surface area contributed by atoms with Crippen LogP contribution in [0.15, 0.2) is 24.4 Å². The second-order valence-electron chi connectivity index (χ2n) is 3.61. The van der Waals surface area contributed by atoms with Crippen LogP contribution in [0.1, 0.15) is 16.1 Å². The lowest BCUT2D eigenvalue weighted by Gasteiger charge is -2.02. The Morgan fingerprint density at radius 3 is 2.76 bits per heavy atom. The number of nitrogens with zero attached hydrogens (tertiary/aromatic N) is 3. The summed E-state index contributed by atoms with van der Waals surface area (Å²) in [5.41, 5.74) is 1.06. The summed E-state index contributed by atoms with van der Waals surface area (Å²) in [6.07, 6.45) is 1.87. The molecule has 0 saturated heterocycles. The number of carbonyl (C=O) groups excluding carboxylic acids is 1. The van der Waals surface area contributed by atoms with Gasteiger partial charge in [0.25, 0.3) is 0 Å². The summed E-state index contributed by atoms with van der Waals surface area (Å²) < 4.78 is 1.55. The molecule has 0 aliphatic rings. The van der Waals surface area contributed by atoms with E-state index in [1.807, 2.05) is 0 Å². The third kappa shape index (κ3) is 2.84. The number of halogens is 2. The van der Waals surface area contributed by atoms with Crippen molar-refractivity contribution in [1.29, 1.82) is 0 Å². The highest BCUT2D eigenvalue weighted by Gasteiger charge is 2.13. The van der Waals surface area contributed by atoms with Gasteiger partial charge in [0.15, 0.2) is 5.78 Å². The molecule has 1 heterocycles. The van der Waals surface area contributed by atoms with E-state index >= 15 is 0 Å². The van der Waals surface area contributed by atoms with E-state index in [2.05, 4.69) is 10.3 Å². The van der Waals surface area contributed by atoms with E-state index < -0.39 is 0 Å². The van der Waals surface area contributed by atoms with Crippen LogP contribution in [-0.4, -0.2) is 20.8 Å². The molecule has 88 valence electrons. The second kappa shape index (κ2) is 4.85. The monoisotopic (exact) mass is 269 g/mol. The molecule has 0 spiro atoms. The molecule has 4 nitrogen and oxygen atoms in total. The van der Waals surface area contributed by atoms with Gasteiger partial charge in [0.2, 0.25) is 0 Å². The Balaban J connectivity index is 2.20. The number of rotatable bonds is 3. The van der Waals surface area contributed by atoms with Crippen LogP contribution in [0.4, 0.5) is 0 Å². The number of hydrogen-bond acceptors (Lipinski definition) is 3. The molecule has 2 aromatic rings. The first-order chi connectivity index (χ1) is 8.06. The zero-order valence-corrected chi connectivity index (χ0v) is 10.5. The minimum Gasteiger partial charge on any atom is -0.294 e. The van der Waals surface area contributed by atoms with Gasteiger partial charge in [0.05, 0.1) is 17.1 Å². The van der Waals surface area contributed by atoms with Gasteiger partial charge in [0.1, 0.15) is 0 Å². The van der Waals surface area contributed by atoms with Crippen molar-refractivity contribution < 1.29 is 4.79 Å². The molecule has 0 saturated carbocycles. The van der Waals surface area contributed by atoms with E-state index in [0.717, 1.165) is 0 Å². The zero-order valence-electron chi connectivity index (χ0n) is 9.02. The highest BCUT2D eigenvalue weighted by Crippen LogP contribution is 2.22. The summed E-state index contributed by atoms with van der Waals surface area (Å²) in [6, 6.07) is 4.80. The summed E-state index contributed by atoms with van der Waals surface area (Å²) in [6.45, 7) is 0. The number of ketones is 1. The van der Waals surface area contributed by atoms with Crippen LogP contribution >= 0.6 is 23.2 Å². The van der Waals surface area contributed by atoms with Crippen LogP contribution in [-0.2, 0) is 13.5 Å². The third-order valence-electron chi connectivity index (χ3n) is 2.22. The van der Waals surface area contributed by atoms with E-state index in [1.165, 1.54) is 0 Å². The topological polar surface area (TPSA) is 47.8 Å². The van der Waals surface area contributed by atoms with Crippen molar-refractivity contribution in [2.24, 2.45) is 7.05 Å². The highest BCUT2D eigenvalue weighted by molar-refractivity contribution is 6.36. The molecule has 0 N–H and O–H groups in total. The number of aromatic nitrogens is 3. The first kappa shape index (κ1) is 12.1. The molecule has 6 heteroatoms. The second-order valence-corrected chi connectivity index (χ2v) is 4.45. The molecule has 0 atom stereocenters. The quantitative estimate of drug-likeness (QED) is 0.805. The summed E-state index contributed by atoms with van der Waals surface area (Å²) in [5, 5.41) is 8.47. The van der Waals surface area contributed by atoms with E-state index in [9.17, 15) is 4.79 Å². The van der Waals surface area contributed by atoms with Crippen molar-refractivity contribution in [3.8, 4) is 0 Å². The van der Waals surface area contributed by atoms with Gasteiger partial charge in [-0.2, -0.15) is 0 Å². The Kier molecular flexibility index (Phi) is 3.45. The molecule has 0 aliphatic heterocycles. The number of benzene rings is 1. The molecule has 1 aromatic heterocycles. The van der Waals surface area contributed by atoms with E-state index in [-0.39, 0.29) is 12.2 Å². The molecule has 0 radical (unpaired) electrons. The van der Waals surface area contributed by atoms with Crippen LogP contribution in [0.5, 0.6) is 0 Å². The zero-order chi connectivity index (χ0) is 12.4. The Hall–Kier alpha value is -1.39. The molecular formula is C11H9Cl2N3O. The lowest BCUT2D eigenvalue weighted by Crippen LogP contribution is -2.04. The minimum absolute atomic E-state index is 0.104. The van der Waals surface area contributed by atoms with Crippen molar-refractivity contribution >= 4 is 29.0 Å². The van der Waals surface area contributed by atoms with Crippen LogP contribution in [0.2, 0.25) is 10.0 Å². The SMILES string of the molecule is Cn1cc(CC(=O)c2ccc(Cl)cc2Cl)nn1. The van der Waals surface area contributed by atoms with Crippen molar-refractivity contribution in [2.75, 3.05) is 0 Å².